The third-order valence-electron chi connectivity index (χ3n) is 6.02. The Labute approximate surface area is 190 Å². The second kappa shape index (κ2) is 7.32. The number of phenolic OH excluding ortho intramolecular Hbond substituents is 1. The Kier molecular flexibility index (Phi) is 4.91. The predicted octanol–water partition coefficient (Wildman–Crippen LogP) is 0.534. The smallest absolute Gasteiger partial charge is 0.295 e. The van der Waals surface area contributed by atoms with Crippen LogP contribution in [0.25, 0.3) is 6.08 Å². The van der Waals surface area contributed by atoms with Crippen molar-refractivity contribution in [3.8, 4) is 17.2 Å². The van der Waals surface area contributed by atoms with Crippen molar-refractivity contribution in [1.29, 1.82) is 0 Å². The van der Waals surface area contributed by atoms with Crippen molar-refractivity contribution in [2.75, 3.05) is 14.2 Å². The minimum absolute atomic E-state index is 0.0840. The maximum absolute atomic E-state index is 13.3. The molecule has 1 aromatic rings. The molecule has 0 aromatic heterocycles. The maximum Gasteiger partial charge on any atom is 0.295 e. The van der Waals surface area contributed by atoms with Gasteiger partial charge in [0.25, 0.3) is 11.8 Å². The molecule has 4 saturated heterocycles. The molecule has 4 fully saturated rings. The maximum atomic E-state index is 13.3. The number of aliphatic hydroxyl groups excluding tert-OH is 1. The zero-order valence-corrected chi connectivity index (χ0v) is 18.6. The van der Waals surface area contributed by atoms with E-state index >= 15 is 0 Å². The Hall–Kier alpha value is -2.38. The van der Waals surface area contributed by atoms with E-state index in [9.17, 15) is 24.9 Å². The van der Waals surface area contributed by atoms with Crippen LogP contribution in [0, 0.1) is 0 Å². The Bertz CT molecular complexity index is 1080. The monoisotopic (exact) mass is 480 g/mol. The standard InChI is InChI=1S/C20H20N2O8S2/c1-28-11-4-3-9(14(24)15(11)29-2)7-10-17(25)22-20(18(26)21-10)8-19(27)13(23)6-5-12(31-32-20)16(19)30-22/h3-7,12-13,16,23-24,27H,8H2,1-2H3,(H,21,26)/b10-7-. The molecule has 32 heavy (non-hydrogen) atoms. The zero-order chi connectivity index (χ0) is 22.8. The highest BCUT2D eigenvalue weighted by atomic mass is 33.1. The molecular formula is C20H20N2O8S2. The number of hydrogen-bond donors (Lipinski definition) is 4. The van der Waals surface area contributed by atoms with Crippen LogP contribution in [0.3, 0.4) is 0 Å². The van der Waals surface area contributed by atoms with Crippen LogP contribution >= 0.6 is 21.6 Å². The van der Waals surface area contributed by atoms with Gasteiger partial charge in [-0.2, -0.15) is 5.06 Å². The number of nitrogens with one attached hydrogen (secondary N) is 1. The van der Waals surface area contributed by atoms with E-state index in [0.717, 1.165) is 15.9 Å². The molecule has 12 heteroatoms. The first-order valence-electron chi connectivity index (χ1n) is 9.67. The van der Waals surface area contributed by atoms with E-state index in [1.807, 2.05) is 0 Å². The van der Waals surface area contributed by atoms with Crippen LogP contribution in [-0.2, 0) is 14.4 Å². The molecule has 6 rings (SSSR count). The molecule has 4 heterocycles. The van der Waals surface area contributed by atoms with Gasteiger partial charge in [0.2, 0.25) is 10.6 Å². The number of fused-ring (bicyclic) bond motifs is 1. The molecule has 1 spiro atoms. The van der Waals surface area contributed by atoms with Crippen molar-refractivity contribution in [2.45, 2.75) is 34.4 Å². The third kappa shape index (κ3) is 2.80. The van der Waals surface area contributed by atoms with Crippen molar-refractivity contribution in [3.63, 3.8) is 0 Å². The molecule has 4 aliphatic heterocycles. The molecule has 5 atom stereocenters. The largest absolute Gasteiger partial charge is 0.504 e. The van der Waals surface area contributed by atoms with Gasteiger partial charge in [0, 0.05) is 12.0 Å². The number of phenols is 1. The lowest BCUT2D eigenvalue weighted by atomic mass is 9.77. The molecule has 5 unspecified atom stereocenters. The lowest BCUT2D eigenvalue weighted by molar-refractivity contribution is -0.306. The number of carbonyl (C=O) groups is 2. The fourth-order valence-corrected chi connectivity index (χ4v) is 7.66. The summed E-state index contributed by atoms with van der Waals surface area (Å²) in [6, 6.07) is 3.07. The predicted molar refractivity (Wildman–Crippen MR) is 115 cm³/mol. The van der Waals surface area contributed by atoms with Gasteiger partial charge < -0.3 is 30.1 Å². The van der Waals surface area contributed by atoms with Crippen molar-refractivity contribution in [3.05, 3.63) is 35.5 Å². The molecule has 170 valence electrons. The van der Waals surface area contributed by atoms with E-state index in [4.69, 9.17) is 14.3 Å². The number of aliphatic hydroxyl groups is 2. The number of nitrogens with zero attached hydrogens (tertiary/aromatic N) is 1. The van der Waals surface area contributed by atoms with Gasteiger partial charge in [-0.25, -0.2) is 0 Å². The number of hydroxylamine groups is 2. The number of amides is 2. The van der Waals surface area contributed by atoms with Gasteiger partial charge >= 0.3 is 0 Å². The average molecular weight is 481 g/mol. The third-order valence-corrected chi connectivity index (χ3v) is 9.30. The number of aromatic hydroxyl groups is 1. The number of hydrogen-bond acceptors (Lipinski definition) is 10. The molecule has 2 amide bonds. The highest BCUT2D eigenvalue weighted by molar-refractivity contribution is 8.77. The number of carbonyl (C=O) groups excluding carboxylic acids is 2. The first kappa shape index (κ1) is 21.5. The Morgan fingerprint density at radius 3 is 2.78 bits per heavy atom. The summed E-state index contributed by atoms with van der Waals surface area (Å²) < 4.78 is 10.3. The number of methoxy groups -OCH3 is 2. The van der Waals surface area contributed by atoms with Gasteiger partial charge in [-0.15, -0.1) is 0 Å². The average Bonchev–Trinajstić information content (AvgIpc) is 2.99. The molecule has 10 nitrogen and oxygen atoms in total. The Balaban J connectivity index is 1.55. The summed E-state index contributed by atoms with van der Waals surface area (Å²) >= 11 is 0. The molecule has 5 aliphatic rings. The van der Waals surface area contributed by atoms with E-state index in [1.165, 1.54) is 43.2 Å². The van der Waals surface area contributed by atoms with E-state index in [1.54, 1.807) is 12.1 Å². The molecule has 0 radical (unpaired) electrons. The number of benzene rings is 1. The summed E-state index contributed by atoms with van der Waals surface area (Å²) in [5.41, 5.74) is -1.61. The molecule has 1 aliphatic carbocycles. The molecule has 0 saturated carbocycles. The Morgan fingerprint density at radius 1 is 1.28 bits per heavy atom. The lowest BCUT2D eigenvalue weighted by Gasteiger charge is -2.54. The van der Waals surface area contributed by atoms with E-state index in [0.29, 0.717) is 5.75 Å². The summed E-state index contributed by atoms with van der Waals surface area (Å²) in [4.78, 5) is 30.9. The highest BCUT2D eigenvalue weighted by Gasteiger charge is 2.69. The van der Waals surface area contributed by atoms with Crippen LogP contribution in [0.1, 0.15) is 12.0 Å². The van der Waals surface area contributed by atoms with Gasteiger partial charge in [0.05, 0.1) is 19.5 Å². The van der Waals surface area contributed by atoms with Crippen molar-refractivity contribution in [1.82, 2.24) is 10.4 Å². The molecule has 4 N–H and O–H groups in total. The highest BCUT2D eigenvalue weighted by Crippen LogP contribution is 2.59. The van der Waals surface area contributed by atoms with Crippen LogP contribution in [0.2, 0.25) is 0 Å². The van der Waals surface area contributed by atoms with Crippen LogP contribution in [0.4, 0.5) is 0 Å². The van der Waals surface area contributed by atoms with Crippen LogP contribution < -0.4 is 14.8 Å². The number of ether oxygens (including phenoxy) is 2. The molecular weight excluding hydrogens is 460 g/mol. The van der Waals surface area contributed by atoms with Crippen LogP contribution in [0.15, 0.2) is 30.0 Å². The van der Waals surface area contributed by atoms with Gasteiger partial charge in [0.1, 0.15) is 23.5 Å². The van der Waals surface area contributed by atoms with Crippen molar-refractivity contribution < 1.29 is 39.2 Å². The fraction of sp³-hybridized carbons (Fsp3) is 0.400. The fourth-order valence-electron chi connectivity index (χ4n) is 4.33. The van der Waals surface area contributed by atoms with Crippen LogP contribution in [0.5, 0.6) is 17.2 Å². The van der Waals surface area contributed by atoms with E-state index in [-0.39, 0.29) is 34.4 Å². The summed E-state index contributed by atoms with van der Waals surface area (Å²) in [6.45, 7) is 0. The number of rotatable bonds is 3. The quantitative estimate of drug-likeness (QED) is 0.275. The minimum Gasteiger partial charge on any atom is -0.504 e. The molecule has 4 bridgehead atoms. The van der Waals surface area contributed by atoms with Crippen molar-refractivity contribution >= 4 is 39.5 Å². The second-order valence-corrected chi connectivity index (χ2v) is 10.5. The summed E-state index contributed by atoms with van der Waals surface area (Å²) in [7, 11) is 5.22. The zero-order valence-electron chi connectivity index (χ0n) is 17.0. The molecule has 1 aromatic carbocycles. The minimum atomic E-state index is -1.72. The van der Waals surface area contributed by atoms with Crippen molar-refractivity contribution in [2.24, 2.45) is 0 Å². The number of piperazine rings is 1. The Morgan fingerprint density at radius 2 is 2.06 bits per heavy atom. The van der Waals surface area contributed by atoms with Gasteiger partial charge in [-0.1, -0.05) is 33.7 Å². The summed E-state index contributed by atoms with van der Waals surface area (Å²) in [5, 5.41) is 35.3. The lowest BCUT2D eigenvalue weighted by Crippen LogP contribution is -2.74. The SMILES string of the molecule is COc1ccc(/C=C2\NC(=O)C34CC5(O)C(O)C=CC(SS3)C5ON4C2=O)c(O)c1OC. The van der Waals surface area contributed by atoms with Gasteiger partial charge in [-0.05, 0) is 18.2 Å². The summed E-state index contributed by atoms with van der Waals surface area (Å²) in [6.07, 6.45) is 2.16. The topological polar surface area (TPSA) is 138 Å². The first-order valence-corrected chi connectivity index (χ1v) is 11.9. The van der Waals surface area contributed by atoms with Crippen LogP contribution in [-0.4, -0.2) is 74.3 Å². The van der Waals surface area contributed by atoms with E-state index < -0.39 is 34.5 Å². The van der Waals surface area contributed by atoms with Gasteiger partial charge in [-0.3, -0.25) is 14.4 Å². The van der Waals surface area contributed by atoms with E-state index in [2.05, 4.69) is 5.32 Å². The first-order chi connectivity index (χ1) is 15.2. The normalized spacial score (nSPS) is 36.6. The summed E-state index contributed by atoms with van der Waals surface area (Å²) in [5.74, 6) is -1.09. The van der Waals surface area contributed by atoms with Gasteiger partial charge in [0.15, 0.2) is 11.5 Å². The second-order valence-electron chi connectivity index (χ2n) is 7.80.